The van der Waals surface area contributed by atoms with Crippen molar-refractivity contribution in [3.63, 3.8) is 0 Å². The number of benzene rings is 3. The van der Waals surface area contributed by atoms with Gasteiger partial charge in [-0.25, -0.2) is 4.39 Å². The highest BCUT2D eigenvalue weighted by molar-refractivity contribution is 9.10. The van der Waals surface area contributed by atoms with E-state index in [-0.39, 0.29) is 15.9 Å². The quantitative estimate of drug-likeness (QED) is 0.258. The Morgan fingerprint density at radius 3 is 2.07 bits per heavy atom. The third kappa shape index (κ3) is 3.67. The third-order valence-electron chi connectivity index (χ3n) is 5.74. The fraction of sp³-hybridized carbons (Fsp3) is 0.308. The van der Waals surface area contributed by atoms with Crippen LogP contribution < -0.4 is 0 Å². The average molecular weight is 487 g/mol. The van der Waals surface area contributed by atoms with E-state index in [1.54, 1.807) is 6.07 Å². The highest BCUT2D eigenvalue weighted by Gasteiger charge is 2.22. The minimum Gasteiger partial charge on any atom is -0.354 e. The molecule has 0 radical (unpaired) electrons. The van der Waals surface area contributed by atoms with Gasteiger partial charge < -0.3 is 4.98 Å². The van der Waals surface area contributed by atoms with Gasteiger partial charge in [-0.2, -0.15) is 0 Å². The number of nitrogens with one attached hydrogen (secondary N) is 1. The van der Waals surface area contributed by atoms with Crippen LogP contribution in [0, 0.1) is 5.82 Å². The molecule has 3 aromatic carbocycles. The normalized spacial score (nSPS) is 12.8. The Labute approximate surface area is 190 Å². The highest BCUT2D eigenvalue weighted by Crippen LogP contribution is 2.42. The fourth-order valence-electron chi connectivity index (χ4n) is 3.84. The van der Waals surface area contributed by atoms with E-state index >= 15 is 0 Å². The summed E-state index contributed by atoms with van der Waals surface area (Å²) in [5, 5.41) is 2.46. The average Bonchev–Trinajstić information content (AvgIpc) is 3.00. The summed E-state index contributed by atoms with van der Waals surface area (Å²) in [4.78, 5) is 3.59. The number of H-pyrrole nitrogens is 1. The molecule has 4 heteroatoms. The van der Waals surface area contributed by atoms with E-state index in [9.17, 15) is 4.39 Å². The molecule has 4 rings (SSSR count). The monoisotopic (exact) mass is 485 g/mol. The molecule has 0 aliphatic rings. The topological polar surface area (TPSA) is 15.8 Å². The van der Waals surface area contributed by atoms with E-state index < -0.39 is 5.82 Å². The van der Waals surface area contributed by atoms with E-state index in [0.717, 1.165) is 32.0 Å². The van der Waals surface area contributed by atoms with Gasteiger partial charge in [-0.05, 0) is 58.4 Å². The van der Waals surface area contributed by atoms with Crippen molar-refractivity contribution in [1.29, 1.82) is 0 Å². The van der Waals surface area contributed by atoms with Crippen LogP contribution in [0.4, 0.5) is 4.39 Å². The van der Waals surface area contributed by atoms with Crippen LogP contribution in [0.3, 0.4) is 0 Å². The Hall–Kier alpha value is -1.84. The summed E-state index contributed by atoms with van der Waals surface area (Å²) in [5.74, 6) is -0.421. The highest BCUT2D eigenvalue weighted by atomic mass is 79.9. The summed E-state index contributed by atoms with van der Waals surface area (Å²) in [6.07, 6.45) is 0. The lowest BCUT2D eigenvalue weighted by Crippen LogP contribution is -2.11. The maximum Gasteiger partial charge on any atom is 0.142 e. The van der Waals surface area contributed by atoms with E-state index in [2.05, 4.69) is 92.8 Å². The standard InChI is InChI=1S/C26H26BrClFN/c1-25(2,3)14-7-8-23-17(9-14)19-11-15(26(4,5)6)10-18(24(19)30-23)16-12-22(29)21(28)13-20(16)27/h7-13,30H,1-6H3. The molecule has 1 nitrogen and oxygen atoms in total. The summed E-state index contributed by atoms with van der Waals surface area (Å²) in [7, 11) is 0. The zero-order valence-corrected chi connectivity index (χ0v) is 20.5. The first-order chi connectivity index (χ1) is 13.9. The number of halogens is 3. The van der Waals surface area contributed by atoms with Crippen molar-refractivity contribution in [2.45, 2.75) is 52.4 Å². The van der Waals surface area contributed by atoms with Crippen LogP contribution in [0.2, 0.25) is 5.02 Å². The molecule has 0 aliphatic carbocycles. The Morgan fingerprint density at radius 2 is 1.43 bits per heavy atom. The van der Waals surface area contributed by atoms with Crippen molar-refractivity contribution < 1.29 is 4.39 Å². The Balaban J connectivity index is 2.13. The van der Waals surface area contributed by atoms with E-state index in [0.29, 0.717) is 0 Å². The molecule has 0 saturated heterocycles. The molecule has 4 aromatic rings. The zero-order valence-electron chi connectivity index (χ0n) is 18.2. The SMILES string of the molecule is CC(C)(C)c1ccc2[nH]c3c(-c4cc(F)c(Cl)cc4Br)cc(C(C)(C)C)cc3c2c1. The van der Waals surface area contributed by atoms with E-state index in [1.165, 1.54) is 22.6 Å². The van der Waals surface area contributed by atoms with Crippen LogP contribution in [0.5, 0.6) is 0 Å². The minimum atomic E-state index is -0.421. The Kier molecular flexibility index (Phi) is 5.06. The molecule has 0 unspecified atom stereocenters. The van der Waals surface area contributed by atoms with Crippen LogP contribution >= 0.6 is 27.5 Å². The van der Waals surface area contributed by atoms with Gasteiger partial charge in [0.25, 0.3) is 0 Å². The van der Waals surface area contributed by atoms with Crippen LogP contribution in [0.15, 0.2) is 46.9 Å². The van der Waals surface area contributed by atoms with Crippen LogP contribution in [0.25, 0.3) is 32.9 Å². The molecule has 0 spiro atoms. The molecule has 156 valence electrons. The van der Waals surface area contributed by atoms with Gasteiger partial charge in [-0.3, -0.25) is 0 Å². The largest absolute Gasteiger partial charge is 0.354 e. The molecular weight excluding hydrogens is 461 g/mol. The number of hydrogen-bond acceptors (Lipinski definition) is 0. The molecule has 0 fully saturated rings. The number of hydrogen-bond donors (Lipinski definition) is 1. The molecule has 0 atom stereocenters. The van der Waals surface area contributed by atoms with Crippen LogP contribution in [-0.2, 0) is 10.8 Å². The first-order valence-corrected chi connectivity index (χ1v) is 11.3. The second-order valence-electron chi connectivity index (χ2n) is 10.1. The third-order valence-corrected chi connectivity index (χ3v) is 6.69. The molecule has 1 aromatic heterocycles. The van der Waals surface area contributed by atoms with Crippen molar-refractivity contribution >= 4 is 49.3 Å². The van der Waals surface area contributed by atoms with Crippen molar-refractivity contribution in [2.24, 2.45) is 0 Å². The van der Waals surface area contributed by atoms with Gasteiger partial charge in [0.15, 0.2) is 0 Å². The van der Waals surface area contributed by atoms with E-state index in [1.807, 2.05) is 0 Å². The van der Waals surface area contributed by atoms with Crippen LogP contribution in [-0.4, -0.2) is 4.98 Å². The van der Waals surface area contributed by atoms with Crippen LogP contribution in [0.1, 0.15) is 52.7 Å². The molecular formula is C26H26BrClFN. The maximum absolute atomic E-state index is 14.4. The van der Waals surface area contributed by atoms with Gasteiger partial charge >= 0.3 is 0 Å². The summed E-state index contributed by atoms with van der Waals surface area (Å²) in [5.41, 5.74) is 6.34. The lowest BCUT2D eigenvalue weighted by molar-refractivity contribution is 0.590. The summed E-state index contributed by atoms with van der Waals surface area (Å²) in [6, 6.07) is 14.2. The van der Waals surface area contributed by atoms with Gasteiger partial charge in [0.05, 0.1) is 10.5 Å². The van der Waals surface area contributed by atoms with Gasteiger partial charge in [0.1, 0.15) is 5.82 Å². The minimum absolute atomic E-state index is 0.0500. The van der Waals surface area contributed by atoms with Crippen molar-refractivity contribution in [2.75, 3.05) is 0 Å². The molecule has 0 saturated carbocycles. The predicted molar refractivity (Wildman–Crippen MR) is 131 cm³/mol. The summed E-state index contributed by atoms with van der Waals surface area (Å²) in [6.45, 7) is 13.3. The van der Waals surface area contributed by atoms with Gasteiger partial charge in [0.2, 0.25) is 0 Å². The fourth-order valence-corrected chi connectivity index (χ4v) is 4.69. The van der Waals surface area contributed by atoms with Crippen molar-refractivity contribution in [1.82, 2.24) is 4.98 Å². The Morgan fingerprint density at radius 1 is 0.800 bits per heavy atom. The molecule has 1 N–H and O–H groups in total. The molecule has 0 bridgehead atoms. The van der Waals surface area contributed by atoms with Gasteiger partial charge in [-0.15, -0.1) is 0 Å². The molecule has 0 aliphatic heterocycles. The maximum atomic E-state index is 14.4. The second-order valence-corrected chi connectivity index (χ2v) is 11.3. The summed E-state index contributed by atoms with van der Waals surface area (Å²) >= 11 is 9.60. The number of aromatic nitrogens is 1. The second kappa shape index (κ2) is 7.10. The molecule has 0 amide bonds. The lowest BCUT2D eigenvalue weighted by atomic mass is 9.83. The first-order valence-electron chi connectivity index (χ1n) is 10.1. The molecule has 30 heavy (non-hydrogen) atoms. The summed E-state index contributed by atoms with van der Waals surface area (Å²) < 4.78 is 15.2. The van der Waals surface area contributed by atoms with Gasteiger partial charge in [0, 0.05) is 31.9 Å². The molecule has 1 heterocycles. The van der Waals surface area contributed by atoms with E-state index in [4.69, 9.17) is 11.6 Å². The van der Waals surface area contributed by atoms with Gasteiger partial charge in [-0.1, -0.05) is 75.1 Å². The Bertz CT molecular complexity index is 1290. The lowest BCUT2D eigenvalue weighted by Gasteiger charge is -2.21. The van der Waals surface area contributed by atoms with Crippen molar-refractivity contribution in [3.05, 3.63) is 68.9 Å². The number of rotatable bonds is 1. The first kappa shape index (κ1) is 21.4. The number of aromatic amines is 1. The predicted octanol–water partition coefficient (Wildman–Crippen LogP) is 9.14. The number of fused-ring (bicyclic) bond motifs is 3. The van der Waals surface area contributed by atoms with Crippen molar-refractivity contribution in [3.8, 4) is 11.1 Å². The smallest absolute Gasteiger partial charge is 0.142 e. The zero-order chi connectivity index (χ0) is 22.0.